The number of rotatable bonds is 4. The van der Waals surface area contributed by atoms with Gasteiger partial charge in [-0.3, -0.25) is 4.79 Å². The van der Waals surface area contributed by atoms with Crippen molar-refractivity contribution in [3.05, 3.63) is 29.6 Å². The Bertz CT molecular complexity index is 409. The van der Waals surface area contributed by atoms with Crippen molar-refractivity contribution in [3.63, 3.8) is 0 Å². The van der Waals surface area contributed by atoms with Gasteiger partial charge in [-0.05, 0) is 25.1 Å². The third-order valence-electron chi connectivity index (χ3n) is 2.44. The average molecular weight is 259 g/mol. The van der Waals surface area contributed by atoms with Crippen LogP contribution in [0.4, 0.5) is 10.1 Å². The molecule has 0 aromatic heterocycles. The van der Waals surface area contributed by atoms with Crippen molar-refractivity contribution in [2.45, 2.75) is 13.0 Å². The number of nitrogens with zero attached hydrogens (tertiary/aromatic N) is 1. The molecule has 0 aliphatic heterocycles. The lowest BCUT2D eigenvalue weighted by Gasteiger charge is -2.22. The fraction of sp³-hybridized carbons (Fsp3) is 0.417. The maximum atomic E-state index is 13.2. The second-order valence-corrected chi connectivity index (χ2v) is 4.29. The van der Waals surface area contributed by atoms with Crippen LogP contribution in [0.2, 0.25) is 0 Å². The van der Waals surface area contributed by atoms with Gasteiger partial charge in [-0.2, -0.15) is 0 Å². The smallest absolute Gasteiger partial charge is 0.235 e. The zero-order valence-electron chi connectivity index (χ0n) is 10.1. The number of benzene rings is 1. The first-order valence-corrected chi connectivity index (χ1v) is 5.81. The number of hydrogen-bond donors (Lipinski definition) is 1. The molecule has 0 aliphatic rings. The molecular formula is C12H16ClFN2O. The molecule has 1 amide bonds. The van der Waals surface area contributed by atoms with Crippen molar-refractivity contribution in [3.8, 4) is 0 Å². The van der Waals surface area contributed by atoms with Crippen molar-refractivity contribution < 1.29 is 9.18 Å². The molecule has 3 nitrogen and oxygen atoms in total. The molecule has 1 atom stereocenters. The molecule has 0 radical (unpaired) electrons. The molecule has 0 saturated carbocycles. The number of carbonyl (C=O) groups excluding carboxylic acids is 1. The molecular weight excluding hydrogens is 243 g/mol. The number of amides is 1. The predicted octanol–water partition coefficient (Wildman–Crippen LogP) is 2.31. The molecule has 17 heavy (non-hydrogen) atoms. The molecule has 1 aromatic rings. The lowest BCUT2D eigenvalue weighted by atomic mass is 10.1. The van der Waals surface area contributed by atoms with E-state index in [9.17, 15) is 9.18 Å². The minimum atomic E-state index is -0.322. The molecule has 1 rings (SSSR count). The third-order valence-corrected chi connectivity index (χ3v) is 2.68. The first kappa shape index (κ1) is 13.8. The first-order chi connectivity index (χ1) is 7.95. The summed E-state index contributed by atoms with van der Waals surface area (Å²) in [5.74, 6) is -0.692. The molecule has 0 saturated heterocycles. The van der Waals surface area contributed by atoms with E-state index >= 15 is 0 Å². The topological polar surface area (TPSA) is 32.3 Å². The standard InChI is InChI=1S/C12H16ClFN2O/c1-8(15-12(17)7-13)10-6-9(14)4-5-11(10)16(2)3/h4-6,8H,7H2,1-3H3,(H,15,17). The Kier molecular flexibility index (Phi) is 4.75. The van der Waals surface area contributed by atoms with E-state index in [1.807, 2.05) is 19.0 Å². The summed E-state index contributed by atoms with van der Waals surface area (Å²) in [7, 11) is 3.74. The van der Waals surface area contributed by atoms with E-state index in [0.717, 1.165) is 11.3 Å². The fourth-order valence-electron chi connectivity index (χ4n) is 1.64. The van der Waals surface area contributed by atoms with Crippen LogP contribution < -0.4 is 10.2 Å². The Hall–Kier alpha value is -1.29. The largest absolute Gasteiger partial charge is 0.377 e. The highest BCUT2D eigenvalue weighted by atomic mass is 35.5. The van der Waals surface area contributed by atoms with Gasteiger partial charge in [-0.15, -0.1) is 11.6 Å². The van der Waals surface area contributed by atoms with Gasteiger partial charge in [0.2, 0.25) is 5.91 Å². The molecule has 94 valence electrons. The number of nitrogens with one attached hydrogen (secondary N) is 1. The summed E-state index contributed by atoms with van der Waals surface area (Å²) >= 11 is 5.42. The van der Waals surface area contributed by atoms with E-state index in [0.29, 0.717) is 0 Å². The maximum Gasteiger partial charge on any atom is 0.235 e. The Labute approximate surface area is 106 Å². The maximum absolute atomic E-state index is 13.2. The monoisotopic (exact) mass is 258 g/mol. The van der Waals surface area contributed by atoms with Crippen molar-refractivity contribution >= 4 is 23.2 Å². The number of carbonyl (C=O) groups is 1. The van der Waals surface area contributed by atoms with Gasteiger partial charge in [0, 0.05) is 25.3 Å². The highest BCUT2D eigenvalue weighted by Crippen LogP contribution is 2.25. The quantitative estimate of drug-likeness (QED) is 0.841. The van der Waals surface area contributed by atoms with Crippen molar-refractivity contribution in [1.82, 2.24) is 5.32 Å². The summed E-state index contributed by atoms with van der Waals surface area (Å²) in [6.45, 7) is 1.80. The number of hydrogen-bond acceptors (Lipinski definition) is 2. The summed E-state index contributed by atoms with van der Waals surface area (Å²) in [6, 6.07) is 4.23. The van der Waals surface area contributed by atoms with Gasteiger partial charge in [-0.25, -0.2) is 4.39 Å². The number of alkyl halides is 1. The van der Waals surface area contributed by atoms with Gasteiger partial charge in [0.25, 0.3) is 0 Å². The molecule has 5 heteroatoms. The van der Waals surface area contributed by atoms with Crippen molar-refractivity contribution in [2.24, 2.45) is 0 Å². The summed E-state index contributed by atoms with van der Waals surface area (Å²) < 4.78 is 13.2. The van der Waals surface area contributed by atoms with Crippen LogP contribution >= 0.6 is 11.6 Å². The second-order valence-electron chi connectivity index (χ2n) is 4.02. The molecule has 0 heterocycles. The highest BCUT2D eigenvalue weighted by Gasteiger charge is 2.14. The first-order valence-electron chi connectivity index (χ1n) is 5.27. The van der Waals surface area contributed by atoms with Crippen LogP contribution in [-0.2, 0) is 4.79 Å². The van der Waals surface area contributed by atoms with Crippen LogP contribution in [0, 0.1) is 5.82 Å². The normalized spacial score (nSPS) is 12.1. The lowest BCUT2D eigenvalue weighted by Crippen LogP contribution is -2.28. The number of anilines is 1. The Morgan fingerprint density at radius 1 is 1.53 bits per heavy atom. The predicted molar refractivity (Wildman–Crippen MR) is 68.0 cm³/mol. The Balaban J connectivity index is 3.01. The van der Waals surface area contributed by atoms with E-state index in [4.69, 9.17) is 11.6 Å². The van der Waals surface area contributed by atoms with Crippen LogP contribution in [0.5, 0.6) is 0 Å². The van der Waals surface area contributed by atoms with Crippen LogP contribution in [0.1, 0.15) is 18.5 Å². The molecule has 0 spiro atoms. The molecule has 0 aliphatic carbocycles. The summed E-state index contributed by atoms with van der Waals surface area (Å²) in [5, 5.41) is 2.70. The second kappa shape index (κ2) is 5.87. The molecule has 0 bridgehead atoms. The highest BCUT2D eigenvalue weighted by molar-refractivity contribution is 6.27. The lowest BCUT2D eigenvalue weighted by molar-refractivity contribution is -0.119. The molecule has 1 unspecified atom stereocenters. The SMILES string of the molecule is CC(NC(=O)CCl)c1cc(F)ccc1N(C)C. The van der Waals surface area contributed by atoms with Gasteiger partial charge in [-0.1, -0.05) is 0 Å². The van der Waals surface area contributed by atoms with E-state index in [2.05, 4.69) is 5.32 Å². The van der Waals surface area contributed by atoms with Gasteiger partial charge >= 0.3 is 0 Å². The van der Waals surface area contributed by atoms with E-state index < -0.39 is 0 Å². The summed E-state index contributed by atoms with van der Waals surface area (Å²) in [5.41, 5.74) is 1.60. The molecule has 0 fully saturated rings. The van der Waals surface area contributed by atoms with Gasteiger partial charge in [0.05, 0.1) is 6.04 Å². The van der Waals surface area contributed by atoms with E-state index in [1.165, 1.54) is 12.1 Å². The minimum absolute atomic E-state index is 0.100. The van der Waals surface area contributed by atoms with Crippen molar-refractivity contribution in [2.75, 3.05) is 24.9 Å². The van der Waals surface area contributed by atoms with Crippen LogP contribution in [0.25, 0.3) is 0 Å². The van der Waals surface area contributed by atoms with Crippen LogP contribution in [0.3, 0.4) is 0 Å². The number of halogens is 2. The van der Waals surface area contributed by atoms with Gasteiger partial charge in [0.1, 0.15) is 11.7 Å². The minimum Gasteiger partial charge on any atom is -0.377 e. The zero-order chi connectivity index (χ0) is 13.0. The van der Waals surface area contributed by atoms with E-state index in [-0.39, 0.29) is 23.6 Å². The Morgan fingerprint density at radius 2 is 2.18 bits per heavy atom. The zero-order valence-corrected chi connectivity index (χ0v) is 10.9. The molecule has 1 N–H and O–H groups in total. The summed E-state index contributed by atoms with van der Waals surface area (Å²) in [6.07, 6.45) is 0. The van der Waals surface area contributed by atoms with E-state index in [1.54, 1.807) is 13.0 Å². The van der Waals surface area contributed by atoms with Crippen LogP contribution in [-0.4, -0.2) is 25.9 Å². The fourth-order valence-corrected chi connectivity index (χ4v) is 1.71. The third kappa shape index (κ3) is 3.60. The average Bonchev–Trinajstić information content (AvgIpc) is 2.28. The van der Waals surface area contributed by atoms with Crippen LogP contribution in [0.15, 0.2) is 18.2 Å². The summed E-state index contributed by atoms with van der Waals surface area (Å²) in [4.78, 5) is 13.1. The molecule has 1 aromatic carbocycles. The Morgan fingerprint density at radius 3 is 2.71 bits per heavy atom. The van der Waals surface area contributed by atoms with Gasteiger partial charge < -0.3 is 10.2 Å². The van der Waals surface area contributed by atoms with Crippen molar-refractivity contribution in [1.29, 1.82) is 0 Å². The van der Waals surface area contributed by atoms with Gasteiger partial charge in [0.15, 0.2) is 0 Å².